The van der Waals surface area contributed by atoms with Crippen LogP contribution in [0.3, 0.4) is 0 Å². The Morgan fingerprint density at radius 2 is 0.860 bits per heavy atom. The maximum Gasteiger partial charge on any atom is 0.153 e. The van der Waals surface area contributed by atoms with Gasteiger partial charge in [-0.05, 0) is 109 Å². The van der Waals surface area contributed by atoms with Crippen molar-refractivity contribution in [1.82, 2.24) is 0 Å². The summed E-state index contributed by atoms with van der Waals surface area (Å²) >= 11 is 1.73. The molecule has 232 valence electrons. The van der Waals surface area contributed by atoms with Gasteiger partial charge in [-0.2, -0.15) is 0 Å². The van der Waals surface area contributed by atoms with Crippen LogP contribution >= 0.6 is 11.3 Å². The highest BCUT2D eigenvalue weighted by molar-refractivity contribution is 7.18. The first-order valence-electron chi connectivity index (χ1n) is 16.8. The first-order valence-corrected chi connectivity index (χ1v) is 17.7. The normalized spacial score (nSPS) is 12.4. The highest BCUT2D eigenvalue weighted by atomic mass is 32.1. The van der Waals surface area contributed by atoms with Crippen LogP contribution < -0.4 is 0 Å². The third kappa shape index (κ3) is 3.53. The van der Waals surface area contributed by atoms with Crippen LogP contribution in [0.15, 0.2) is 158 Å². The molecule has 3 nitrogen and oxygen atoms in total. The molecule has 12 aromatic rings. The van der Waals surface area contributed by atoms with Gasteiger partial charge in [0.05, 0.1) is 4.70 Å². The van der Waals surface area contributed by atoms with Crippen molar-refractivity contribution in [3.8, 4) is 22.3 Å². The van der Waals surface area contributed by atoms with Crippen LogP contribution in [0.4, 0.5) is 0 Å². The van der Waals surface area contributed by atoms with Crippen molar-refractivity contribution in [2.24, 2.45) is 0 Å². The monoisotopic (exact) mass is 656 g/mol. The molecule has 0 aliphatic rings. The Hall–Kier alpha value is -6.36. The number of benzene rings is 8. The second kappa shape index (κ2) is 9.63. The molecular formula is C46H24O3S. The number of hydrogen-bond acceptors (Lipinski definition) is 4. The number of furan rings is 3. The summed E-state index contributed by atoms with van der Waals surface area (Å²) in [6, 6.07) is 49.9. The van der Waals surface area contributed by atoms with E-state index in [1.54, 1.807) is 11.3 Å². The summed E-state index contributed by atoms with van der Waals surface area (Å²) in [6.45, 7) is 0. The van der Waals surface area contributed by atoms with E-state index in [1.807, 2.05) is 18.2 Å². The second-order valence-corrected chi connectivity index (χ2v) is 14.1. The fraction of sp³-hybridized carbons (Fsp3) is 0. The summed E-state index contributed by atoms with van der Waals surface area (Å²) in [5.74, 6) is 0. The smallest absolute Gasteiger partial charge is 0.153 e. The second-order valence-electron chi connectivity index (χ2n) is 13.2. The molecule has 0 radical (unpaired) electrons. The predicted molar refractivity (Wildman–Crippen MR) is 210 cm³/mol. The van der Waals surface area contributed by atoms with Crippen LogP contribution in [-0.4, -0.2) is 0 Å². The molecule has 4 heteroatoms. The van der Waals surface area contributed by atoms with Gasteiger partial charge in [0.15, 0.2) is 5.58 Å². The van der Waals surface area contributed by atoms with Gasteiger partial charge in [-0.3, -0.25) is 0 Å². The highest BCUT2D eigenvalue weighted by Crippen LogP contribution is 2.46. The van der Waals surface area contributed by atoms with E-state index >= 15 is 0 Å². The zero-order valence-electron chi connectivity index (χ0n) is 26.5. The zero-order valence-corrected chi connectivity index (χ0v) is 27.3. The average Bonchev–Trinajstić information content (AvgIpc) is 3.94. The molecule has 4 aromatic heterocycles. The van der Waals surface area contributed by atoms with E-state index < -0.39 is 0 Å². The molecule has 0 aliphatic carbocycles. The van der Waals surface area contributed by atoms with Crippen molar-refractivity contribution in [2.75, 3.05) is 0 Å². The number of hydrogen-bond donors (Lipinski definition) is 0. The molecule has 0 fully saturated rings. The SMILES string of the molecule is c1ccc2c(c1)oc1cc3c(cc12)oc1cc(-c2c4ccccc4c(-c4ccc5oc6c(ccc7ccsc76)c5c4)c4ccccc24)ccc13. The summed E-state index contributed by atoms with van der Waals surface area (Å²) in [7, 11) is 0. The van der Waals surface area contributed by atoms with Crippen LogP contribution in [0, 0.1) is 0 Å². The standard InChI is InChI=1S/C46H24O3S/c1-3-10-32-30(8-1)43(26-15-18-39-35(21-26)34-17-13-25-19-20-50-46(25)45(34)49-39)31-9-2-4-11-33(31)44(32)27-14-16-29-37-24-41-36(23-42(37)48-40(29)22-27)28-7-5-6-12-38(28)47-41/h1-24H. The van der Waals surface area contributed by atoms with Crippen LogP contribution in [0.25, 0.3) is 120 Å². The summed E-state index contributed by atoms with van der Waals surface area (Å²) in [4.78, 5) is 0. The lowest BCUT2D eigenvalue weighted by atomic mass is 9.85. The van der Waals surface area contributed by atoms with E-state index in [-0.39, 0.29) is 0 Å². The summed E-state index contributed by atoms with van der Waals surface area (Å²) in [5.41, 5.74) is 10.1. The molecule has 0 unspecified atom stereocenters. The number of rotatable bonds is 2. The van der Waals surface area contributed by atoms with Crippen LogP contribution in [0.1, 0.15) is 0 Å². The molecule has 50 heavy (non-hydrogen) atoms. The highest BCUT2D eigenvalue weighted by Gasteiger charge is 2.20. The van der Waals surface area contributed by atoms with Gasteiger partial charge in [0, 0.05) is 32.3 Å². The van der Waals surface area contributed by atoms with Crippen LogP contribution in [-0.2, 0) is 0 Å². The Morgan fingerprint density at radius 3 is 1.58 bits per heavy atom. The van der Waals surface area contributed by atoms with E-state index in [0.717, 1.165) is 71.4 Å². The Kier molecular flexibility index (Phi) is 5.12. The first kappa shape index (κ1) is 26.6. The van der Waals surface area contributed by atoms with Gasteiger partial charge in [-0.1, -0.05) is 84.9 Å². The molecule has 0 saturated carbocycles. The van der Waals surface area contributed by atoms with Crippen molar-refractivity contribution in [1.29, 1.82) is 0 Å². The minimum Gasteiger partial charge on any atom is -0.456 e. The first-order chi connectivity index (χ1) is 24.8. The van der Waals surface area contributed by atoms with E-state index in [0.29, 0.717) is 0 Å². The Bertz CT molecular complexity index is 3330. The third-order valence-electron chi connectivity index (χ3n) is 10.5. The lowest BCUT2D eigenvalue weighted by Gasteiger charge is -2.17. The molecule has 12 rings (SSSR count). The molecule has 0 atom stereocenters. The van der Waals surface area contributed by atoms with Crippen molar-refractivity contribution in [3.63, 3.8) is 0 Å². The van der Waals surface area contributed by atoms with Gasteiger partial charge in [0.25, 0.3) is 0 Å². The predicted octanol–water partition coefficient (Wildman–Crippen LogP) is 14.2. The van der Waals surface area contributed by atoms with E-state index in [4.69, 9.17) is 13.3 Å². The minimum absolute atomic E-state index is 0.864. The molecule has 8 aromatic carbocycles. The summed E-state index contributed by atoms with van der Waals surface area (Å²) in [5, 5.41) is 14.8. The topological polar surface area (TPSA) is 39.4 Å². The van der Waals surface area contributed by atoms with Gasteiger partial charge in [0.2, 0.25) is 0 Å². The Morgan fingerprint density at radius 1 is 0.340 bits per heavy atom. The maximum absolute atomic E-state index is 6.60. The fourth-order valence-corrected chi connectivity index (χ4v) is 9.20. The Balaban J connectivity index is 1.10. The molecule has 0 aliphatic heterocycles. The molecule has 0 spiro atoms. The maximum atomic E-state index is 6.60. The number of fused-ring (bicyclic) bond motifs is 13. The summed E-state index contributed by atoms with van der Waals surface area (Å²) in [6.07, 6.45) is 0. The van der Waals surface area contributed by atoms with Gasteiger partial charge in [-0.25, -0.2) is 0 Å². The number of para-hydroxylation sites is 1. The Labute approximate surface area is 288 Å². The lowest BCUT2D eigenvalue weighted by molar-refractivity contribution is 0.664. The minimum atomic E-state index is 0.864. The molecular weight excluding hydrogens is 633 g/mol. The van der Waals surface area contributed by atoms with Crippen molar-refractivity contribution in [2.45, 2.75) is 0 Å². The molecule has 0 N–H and O–H groups in total. The van der Waals surface area contributed by atoms with Crippen molar-refractivity contribution >= 4 is 109 Å². The van der Waals surface area contributed by atoms with Crippen molar-refractivity contribution < 1.29 is 13.3 Å². The average molecular weight is 657 g/mol. The summed E-state index contributed by atoms with van der Waals surface area (Å²) < 4.78 is 20.5. The van der Waals surface area contributed by atoms with E-state index in [9.17, 15) is 0 Å². The fourth-order valence-electron chi connectivity index (χ4n) is 8.31. The van der Waals surface area contributed by atoms with E-state index in [1.165, 1.54) is 48.3 Å². The molecule has 0 saturated heterocycles. The third-order valence-corrected chi connectivity index (χ3v) is 11.5. The lowest BCUT2D eigenvalue weighted by Crippen LogP contribution is -1.90. The van der Waals surface area contributed by atoms with Gasteiger partial charge in [-0.15, -0.1) is 11.3 Å². The largest absolute Gasteiger partial charge is 0.456 e. The van der Waals surface area contributed by atoms with E-state index in [2.05, 4.69) is 127 Å². The van der Waals surface area contributed by atoms with Gasteiger partial charge < -0.3 is 13.3 Å². The van der Waals surface area contributed by atoms with Gasteiger partial charge >= 0.3 is 0 Å². The molecule has 4 heterocycles. The number of thiophene rings is 1. The molecule has 0 bridgehead atoms. The van der Waals surface area contributed by atoms with Crippen LogP contribution in [0.5, 0.6) is 0 Å². The quantitative estimate of drug-likeness (QED) is 0.174. The van der Waals surface area contributed by atoms with Crippen molar-refractivity contribution in [3.05, 3.63) is 145 Å². The van der Waals surface area contributed by atoms with Crippen LogP contribution in [0.2, 0.25) is 0 Å². The zero-order chi connectivity index (χ0) is 32.5. The molecule has 0 amide bonds. The van der Waals surface area contributed by atoms with Gasteiger partial charge in [0.1, 0.15) is 27.9 Å².